The molecule has 2 heterocycles. The zero-order valence-electron chi connectivity index (χ0n) is 11.5. The molecule has 1 unspecified atom stereocenters. The van der Waals surface area contributed by atoms with Gasteiger partial charge in [-0.2, -0.15) is 0 Å². The van der Waals surface area contributed by atoms with Crippen LogP contribution in [0.1, 0.15) is 29.7 Å². The van der Waals surface area contributed by atoms with Gasteiger partial charge in [0.2, 0.25) is 0 Å². The fourth-order valence-electron chi connectivity index (χ4n) is 2.76. The van der Waals surface area contributed by atoms with Crippen molar-refractivity contribution in [3.8, 4) is 0 Å². The topological polar surface area (TPSA) is 62.4 Å². The van der Waals surface area contributed by atoms with Gasteiger partial charge in [0.05, 0.1) is 5.56 Å². The molecule has 0 spiro atoms. The Hall–Kier alpha value is -1.20. The van der Waals surface area contributed by atoms with Crippen molar-refractivity contribution in [3.05, 3.63) is 22.9 Å². The molecule has 0 saturated carbocycles. The quantitative estimate of drug-likeness (QED) is 0.822. The summed E-state index contributed by atoms with van der Waals surface area (Å²) in [7, 11) is 0. The largest absolute Gasteiger partial charge is 0.396 e. The van der Waals surface area contributed by atoms with Crippen LogP contribution in [0, 0.1) is 19.8 Å². The Morgan fingerprint density at radius 3 is 2.95 bits per heavy atom. The Kier molecular flexibility index (Phi) is 4.37. The van der Waals surface area contributed by atoms with Gasteiger partial charge in [-0.05, 0) is 44.2 Å². The van der Waals surface area contributed by atoms with E-state index in [0.29, 0.717) is 10.9 Å². The van der Waals surface area contributed by atoms with Crippen LogP contribution in [0.3, 0.4) is 0 Å². The summed E-state index contributed by atoms with van der Waals surface area (Å²) in [6, 6.07) is 2.01. The van der Waals surface area contributed by atoms with Crippen LogP contribution in [0.4, 0.5) is 5.82 Å². The smallest absolute Gasteiger partial charge is 0.139 e. The average molecular weight is 279 g/mol. The second-order valence-electron chi connectivity index (χ2n) is 5.28. The minimum atomic E-state index is 0.226. The number of anilines is 1. The summed E-state index contributed by atoms with van der Waals surface area (Å²) in [4.78, 5) is 7.23. The number of piperidine rings is 1. The van der Waals surface area contributed by atoms with Crippen molar-refractivity contribution < 1.29 is 5.11 Å². The van der Waals surface area contributed by atoms with Crippen LogP contribution < -0.4 is 10.6 Å². The van der Waals surface area contributed by atoms with E-state index in [0.717, 1.165) is 48.6 Å². The summed E-state index contributed by atoms with van der Waals surface area (Å²) >= 11 is 5.17. The van der Waals surface area contributed by atoms with Crippen molar-refractivity contribution in [2.45, 2.75) is 26.7 Å². The number of hydrogen-bond acceptors (Lipinski definition) is 4. The van der Waals surface area contributed by atoms with Crippen molar-refractivity contribution in [2.24, 2.45) is 11.7 Å². The van der Waals surface area contributed by atoms with Gasteiger partial charge in [-0.3, -0.25) is 0 Å². The highest BCUT2D eigenvalue weighted by Gasteiger charge is 2.24. The summed E-state index contributed by atoms with van der Waals surface area (Å²) in [6.45, 7) is 5.99. The van der Waals surface area contributed by atoms with E-state index in [-0.39, 0.29) is 6.61 Å². The standard InChI is InChI=1S/C14H21N3OS/c1-9-6-10(2)16-14(12(9)13(15)19)17-5-3-4-11(7-17)8-18/h6,11,18H,3-5,7-8H2,1-2H3,(H2,15,19). The molecule has 1 fully saturated rings. The second kappa shape index (κ2) is 5.84. The molecule has 0 radical (unpaired) electrons. The van der Waals surface area contributed by atoms with Crippen molar-refractivity contribution in [2.75, 3.05) is 24.6 Å². The summed E-state index contributed by atoms with van der Waals surface area (Å²) in [6.07, 6.45) is 2.14. The third-order valence-electron chi connectivity index (χ3n) is 3.65. The molecule has 1 atom stereocenters. The summed E-state index contributed by atoms with van der Waals surface area (Å²) in [5, 5.41) is 9.35. The molecule has 104 valence electrons. The molecule has 1 aliphatic rings. The third-order valence-corrected chi connectivity index (χ3v) is 3.85. The van der Waals surface area contributed by atoms with Crippen molar-refractivity contribution in [1.82, 2.24) is 4.98 Å². The lowest BCUT2D eigenvalue weighted by atomic mass is 9.98. The molecule has 1 aliphatic heterocycles. The first-order valence-electron chi connectivity index (χ1n) is 6.66. The Morgan fingerprint density at radius 2 is 2.32 bits per heavy atom. The molecule has 2 rings (SSSR count). The minimum Gasteiger partial charge on any atom is -0.396 e. The van der Waals surface area contributed by atoms with Gasteiger partial charge in [0.15, 0.2) is 0 Å². The Balaban J connectivity index is 2.40. The minimum absolute atomic E-state index is 0.226. The van der Waals surface area contributed by atoms with Crippen molar-refractivity contribution >= 4 is 23.0 Å². The normalized spacial score (nSPS) is 19.5. The molecule has 0 amide bonds. The highest BCUT2D eigenvalue weighted by atomic mass is 32.1. The maximum Gasteiger partial charge on any atom is 0.139 e. The molecular formula is C14H21N3OS. The summed E-state index contributed by atoms with van der Waals surface area (Å²) in [5.41, 5.74) is 8.77. The van der Waals surface area contributed by atoms with E-state index >= 15 is 0 Å². The highest BCUT2D eigenvalue weighted by Crippen LogP contribution is 2.27. The molecule has 1 saturated heterocycles. The fraction of sp³-hybridized carbons (Fsp3) is 0.571. The number of rotatable bonds is 3. The lowest BCUT2D eigenvalue weighted by Crippen LogP contribution is -2.38. The number of aromatic nitrogens is 1. The molecule has 4 nitrogen and oxygen atoms in total. The maximum atomic E-state index is 9.35. The van der Waals surface area contributed by atoms with Gasteiger partial charge in [-0.1, -0.05) is 12.2 Å². The SMILES string of the molecule is Cc1cc(C)c(C(N)=S)c(N2CCCC(CO)C2)n1. The summed E-state index contributed by atoms with van der Waals surface area (Å²) in [5.74, 6) is 1.19. The molecule has 19 heavy (non-hydrogen) atoms. The first kappa shape index (κ1) is 14.2. The number of pyridine rings is 1. The average Bonchev–Trinajstić information content (AvgIpc) is 2.37. The molecular weight excluding hydrogens is 258 g/mol. The van der Waals surface area contributed by atoms with E-state index in [2.05, 4.69) is 9.88 Å². The lowest BCUT2D eigenvalue weighted by molar-refractivity contribution is 0.208. The van der Waals surface area contributed by atoms with Crippen LogP contribution in [0.5, 0.6) is 0 Å². The van der Waals surface area contributed by atoms with E-state index in [1.54, 1.807) is 0 Å². The summed E-state index contributed by atoms with van der Waals surface area (Å²) < 4.78 is 0. The van der Waals surface area contributed by atoms with Gasteiger partial charge >= 0.3 is 0 Å². The highest BCUT2D eigenvalue weighted by molar-refractivity contribution is 7.80. The van der Waals surface area contributed by atoms with Crippen molar-refractivity contribution in [3.63, 3.8) is 0 Å². The Morgan fingerprint density at radius 1 is 1.58 bits per heavy atom. The third kappa shape index (κ3) is 3.04. The van der Waals surface area contributed by atoms with Gasteiger partial charge in [-0.15, -0.1) is 0 Å². The fourth-order valence-corrected chi connectivity index (χ4v) is 3.01. The molecule has 0 bridgehead atoms. The Bertz CT molecular complexity index is 490. The van der Waals surface area contributed by atoms with Crippen LogP contribution in [-0.2, 0) is 0 Å². The van der Waals surface area contributed by atoms with E-state index in [4.69, 9.17) is 18.0 Å². The molecule has 5 heteroatoms. The van der Waals surface area contributed by atoms with Crippen LogP contribution in [0.15, 0.2) is 6.07 Å². The molecule has 0 aliphatic carbocycles. The molecule has 1 aromatic rings. The Labute approximate surface area is 119 Å². The van der Waals surface area contributed by atoms with Gasteiger partial charge in [-0.25, -0.2) is 4.98 Å². The zero-order valence-corrected chi connectivity index (χ0v) is 12.3. The predicted molar refractivity (Wildman–Crippen MR) is 81.6 cm³/mol. The van der Waals surface area contributed by atoms with E-state index in [1.165, 1.54) is 0 Å². The zero-order chi connectivity index (χ0) is 14.0. The van der Waals surface area contributed by atoms with Gasteiger partial charge in [0, 0.05) is 25.4 Å². The van der Waals surface area contributed by atoms with Crippen molar-refractivity contribution in [1.29, 1.82) is 0 Å². The van der Waals surface area contributed by atoms with E-state index < -0.39 is 0 Å². The molecule has 0 aromatic carbocycles. The van der Waals surface area contributed by atoms with Crippen LogP contribution in [0.2, 0.25) is 0 Å². The number of nitrogens with zero attached hydrogens (tertiary/aromatic N) is 2. The first-order valence-corrected chi connectivity index (χ1v) is 7.07. The number of aliphatic hydroxyl groups excluding tert-OH is 1. The van der Waals surface area contributed by atoms with Gasteiger partial charge in [0.1, 0.15) is 10.8 Å². The maximum absolute atomic E-state index is 9.35. The van der Waals surface area contributed by atoms with Gasteiger partial charge < -0.3 is 15.7 Å². The first-order chi connectivity index (χ1) is 9.02. The predicted octanol–water partition coefficient (Wildman–Crippen LogP) is 1.54. The van der Waals surface area contributed by atoms with Crippen LogP contribution >= 0.6 is 12.2 Å². The molecule has 3 N–H and O–H groups in total. The van der Waals surface area contributed by atoms with Gasteiger partial charge in [0.25, 0.3) is 0 Å². The number of aryl methyl sites for hydroxylation is 2. The monoisotopic (exact) mass is 279 g/mol. The molecule has 1 aromatic heterocycles. The lowest BCUT2D eigenvalue weighted by Gasteiger charge is -2.34. The number of aliphatic hydroxyl groups is 1. The number of thiocarbonyl (C=S) groups is 1. The number of nitrogens with two attached hydrogens (primary N) is 1. The van der Waals surface area contributed by atoms with Crippen LogP contribution in [0.25, 0.3) is 0 Å². The van der Waals surface area contributed by atoms with Crippen LogP contribution in [-0.4, -0.2) is 34.8 Å². The second-order valence-corrected chi connectivity index (χ2v) is 5.72. The number of hydrogen-bond donors (Lipinski definition) is 2. The van der Waals surface area contributed by atoms with E-state index in [9.17, 15) is 5.11 Å². The van der Waals surface area contributed by atoms with E-state index in [1.807, 2.05) is 19.9 Å².